The SMILES string of the molecule is CC(C)C1CNc2csc(C(=O)O)c2O1. The number of carbonyl (C=O) groups is 1. The van der Waals surface area contributed by atoms with Gasteiger partial charge in [-0.25, -0.2) is 4.79 Å². The first-order valence-electron chi connectivity index (χ1n) is 4.85. The monoisotopic (exact) mass is 227 g/mol. The molecule has 1 atom stereocenters. The summed E-state index contributed by atoms with van der Waals surface area (Å²) >= 11 is 1.20. The van der Waals surface area contributed by atoms with Gasteiger partial charge in [0.05, 0.1) is 12.2 Å². The minimum absolute atomic E-state index is 0.0465. The highest BCUT2D eigenvalue weighted by atomic mass is 32.1. The Balaban J connectivity index is 2.30. The van der Waals surface area contributed by atoms with Gasteiger partial charge in [-0.05, 0) is 5.92 Å². The second kappa shape index (κ2) is 3.73. The molecule has 1 unspecified atom stereocenters. The Kier molecular flexibility index (Phi) is 2.56. The third-order valence-corrected chi connectivity index (χ3v) is 3.40. The van der Waals surface area contributed by atoms with E-state index in [2.05, 4.69) is 19.2 Å². The Morgan fingerprint density at radius 3 is 3.07 bits per heavy atom. The van der Waals surface area contributed by atoms with Crippen LogP contribution >= 0.6 is 11.3 Å². The number of anilines is 1. The molecule has 5 heteroatoms. The van der Waals surface area contributed by atoms with E-state index in [1.807, 2.05) is 0 Å². The second-order valence-corrected chi connectivity index (χ2v) is 4.77. The molecule has 82 valence electrons. The summed E-state index contributed by atoms with van der Waals surface area (Å²) in [6, 6.07) is 0. The van der Waals surface area contributed by atoms with Crippen LogP contribution in [-0.4, -0.2) is 23.7 Å². The smallest absolute Gasteiger partial charge is 0.349 e. The fourth-order valence-corrected chi connectivity index (χ4v) is 2.30. The second-order valence-electron chi connectivity index (χ2n) is 3.89. The van der Waals surface area contributed by atoms with Crippen molar-refractivity contribution in [2.75, 3.05) is 11.9 Å². The van der Waals surface area contributed by atoms with Crippen molar-refractivity contribution in [1.29, 1.82) is 0 Å². The molecule has 0 saturated carbocycles. The Hall–Kier alpha value is -1.23. The first-order valence-corrected chi connectivity index (χ1v) is 5.73. The van der Waals surface area contributed by atoms with Crippen LogP contribution in [0, 0.1) is 5.92 Å². The average Bonchev–Trinajstić information content (AvgIpc) is 2.59. The Morgan fingerprint density at radius 1 is 1.73 bits per heavy atom. The minimum Gasteiger partial charge on any atom is -0.484 e. The zero-order valence-corrected chi connectivity index (χ0v) is 9.43. The lowest BCUT2D eigenvalue weighted by molar-refractivity contribution is 0.0691. The van der Waals surface area contributed by atoms with E-state index in [-0.39, 0.29) is 11.0 Å². The first kappa shape index (κ1) is 10.3. The van der Waals surface area contributed by atoms with E-state index in [9.17, 15) is 4.79 Å². The van der Waals surface area contributed by atoms with Crippen molar-refractivity contribution in [3.63, 3.8) is 0 Å². The zero-order valence-electron chi connectivity index (χ0n) is 8.61. The number of carboxylic acid groups (broad SMARTS) is 1. The molecular weight excluding hydrogens is 214 g/mol. The van der Waals surface area contributed by atoms with Gasteiger partial charge in [-0.3, -0.25) is 0 Å². The van der Waals surface area contributed by atoms with Crippen LogP contribution in [0.25, 0.3) is 0 Å². The number of ether oxygens (including phenoxy) is 1. The maximum Gasteiger partial charge on any atom is 0.349 e. The van der Waals surface area contributed by atoms with Gasteiger partial charge in [0.15, 0.2) is 10.6 Å². The average molecular weight is 227 g/mol. The van der Waals surface area contributed by atoms with Gasteiger partial charge in [-0.2, -0.15) is 0 Å². The van der Waals surface area contributed by atoms with Crippen molar-refractivity contribution in [3.05, 3.63) is 10.3 Å². The van der Waals surface area contributed by atoms with E-state index >= 15 is 0 Å². The van der Waals surface area contributed by atoms with E-state index in [1.165, 1.54) is 11.3 Å². The lowest BCUT2D eigenvalue weighted by Gasteiger charge is -2.28. The lowest BCUT2D eigenvalue weighted by Crippen LogP contribution is -2.34. The maximum absolute atomic E-state index is 10.9. The van der Waals surface area contributed by atoms with Gasteiger partial charge < -0.3 is 15.2 Å². The van der Waals surface area contributed by atoms with Crippen molar-refractivity contribution in [1.82, 2.24) is 0 Å². The molecule has 15 heavy (non-hydrogen) atoms. The Bertz CT molecular complexity index is 386. The predicted octanol–water partition coefficient (Wildman–Crippen LogP) is 2.28. The molecule has 0 aromatic carbocycles. The van der Waals surface area contributed by atoms with E-state index < -0.39 is 5.97 Å². The topological polar surface area (TPSA) is 58.6 Å². The number of fused-ring (bicyclic) bond motifs is 1. The molecule has 2 N–H and O–H groups in total. The molecule has 0 saturated heterocycles. The van der Waals surface area contributed by atoms with Gasteiger partial charge in [-0.15, -0.1) is 11.3 Å². The van der Waals surface area contributed by atoms with Crippen LogP contribution in [0.2, 0.25) is 0 Å². The number of nitrogens with one attached hydrogen (secondary N) is 1. The molecule has 0 bridgehead atoms. The van der Waals surface area contributed by atoms with E-state index in [0.29, 0.717) is 11.7 Å². The number of rotatable bonds is 2. The maximum atomic E-state index is 10.9. The molecule has 0 fully saturated rings. The zero-order chi connectivity index (χ0) is 11.0. The van der Waals surface area contributed by atoms with Gasteiger partial charge in [-0.1, -0.05) is 13.8 Å². The van der Waals surface area contributed by atoms with Gasteiger partial charge >= 0.3 is 5.97 Å². The molecule has 0 amide bonds. The van der Waals surface area contributed by atoms with Crippen LogP contribution in [0.3, 0.4) is 0 Å². The van der Waals surface area contributed by atoms with E-state index in [0.717, 1.165) is 12.2 Å². The molecule has 0 aliphatic carbocycles. The van der Waals surface area contributed by atoms with Crippen LogP contribution in [0.15, 0.2) is 5.38 Å². The summed E-state index contributed by atoms with van der Waals surface area (Å²) in [4.78, 5) is 11.2. The summed E-state index contributed by atoms with van der Waals surface area (Å²) in [7, 11) is 0. The fraction of sp³-hybridized carbons (Fsp3) is 0.500. The van der Waals surface area contributed by atoms with Gasteiger partial charge in [0.1, 0.15) is 6.10 Å². The third-order valence-electron chi connectivity index (χ3n) is 2.45. The number of hydrogen-bond donors (Lipinski definition) is 2. The minimum atomic E-state index is -0.924. The summed E-state index contributed by atoms with van der Waals surface area (Å²) in [5.41, 5.74) is 0.800. The highest BCUT2D eigenvalue weighted by Crippen LogP contribution is 2.39. The van der Waals surface area contributed by atoms with Crippen molar-refractivity contribution < 1.29 is 14.6 Å². The number of hydrogen-bond acceptors (Lipinski definition) is 4. The quantitative estimate of drug-likeness (QED) is 0.813. The molecule has 2 rings (SSSR count). The molecule has 0 spiro atoms. The normalized spacial score (nSPS) is 19.3. The van der Waals surface area contributed by atoms with E-state index in [1.54, 1.807) is 5.38 Å². The summed E-state index contributed by atoms with van der Waals surface area (Å²) in [5.74, 6) is -0.0582. The molecule has 0 radical (unpaired) electrons. The predicted molar refractivity (Wildman–Crippen MR) is 59.0 cm³/mol. The van der Waals surface area contributed by atoms with Crippen LogP contribution in [0.4, 0.5) is 5.69 Å². The summed E-state index contributed by atoms with van der Waals surface area (Å²) in [6.07, 6.45) is 0.0465. The Labute approximate surface area is 91.9 Å². The van der Waals surface area contributed by atoms with Crippen LogP contribution < -0.4 is 10.1 Å². The van der Waals surface area contributed by atoms with Crippen LogP contribution in [0.5, 0.6) is 5.75 Å². The number of thiophene rings is 1. The number of aromatic carboxylic acids is 1. The van der Waals surface area contributed by atoms with Crippen molar-refractivity contribution >= 4 is 23.0 Å². The summed E-state index contributed by atoms with van der Waals surface area (Å²) in [6.45, 7) is 4.86. The molecule has 2 heterocycles. The summed E-state index contributed by atoms with van der Waals surface area (Å²) in [5, 5.41) is 13.9. The van der Waals surface area contributed by atoms with Gasteiger partial charge in [0.25, 0.3) is 0 Å². The molecular formula is C10H13NO3S. The standard InChI is InChI=1S/C10H13NO3S/c1-5(2)7-3-11-6-4-15-9(10(12)13)8(6)14-7/h4-5,7,11H,3H2,1-2H3,(H,12,13). The van der Waals surface area contributed by atoms with Gasteiger partial charge in [0, 0.05) is 5.38 Å². The molecule has 1 aliphatic rings. The Morgan fingerprint density at radius 2 is 2.47 bits per heavy atom. The first-order chi connectivity index (χ1) is 7.09. The largest absolute Gasteiger partial charge is 0.484 e. The van der Waals surface area contributed by atoms with E-state index in [4.69, 9.17) is 9.84 Å². The molecule has 1 aromatic rings. The lowest BCUT2D eigenvalue weighted by atomic mass is 10.1. The highest BCUT2D eigenvalue weighted by Gasteiger charge is 2.27. The van der Waals surface area contributed by atoms with Gasteiger partial charge in [0.2, 0.25) is 0 Å². The number of carboxylic acids is 1. The molecule has 1 aromatic heterocycles. The van der Waals surface area contributed by atoms with Crippen LogP contribution in [-0.2, 0) is 0 Å². The van der Waals surface area contributed by atoms with Crippen molar-refractivity contribution in [2.45, 2.75) is 20.0 Å². The van der Waals surface area contributed by atoms with Crippen molar-refractivity contribution in [3.8, 4) is 5.75 Å². The fourth-order valence-electron chi connectivity index (χ4n) is 1.51. The third kappa shape index (κ3) is 1.79. The van der Waals surface area contributed by atoms with Crippen LogP contribution in [0.1, 0.15) is 23.5 Å². The molecule has 1 aliphatic heterocycles. The van der Waals surface area contributed by atoms with Crippen molar-refractivity contribution in [2.24, 2.45) is 5.92 Å². The summed E-state index contributed by atoms with van der Waals surface area (Å²) < 4.78 is 5.69. The molecule has 4 nitrogen and oxygen atoms in total. The highest BCUT2D eigenvalue weighted by molar-refractivity contribution is 7.13.